The third kappa shape index (κ3) is 3.82. The molecule has 5 nitrogen and oxygen atoms in total. The first-order chi connectivity index (χ1) is 9.35. The first-order valence-electron chi connectivity index (χ1n) is 6.20. The Labute approximate surface area is 113 Å². The molecule has 2 heterocycles. The summed E-state index contributed by atoms with van der Waals surface area (Å²) in [6.45, 7) is 0.943. The predicted octanol–water partition coefficient (Wildman–Crippen LogP) is 1.88. The predicted molar refractivity (Wildman–Crippen MR) is 64.4 cm³/mol. The van der Waals surface area contributed by atoms with E-state index in [1.54, 1.807) is 4.90 Å². The Hall–Kier alpha value is -1.86. The van der Waals surface area contributed by atoms with Crippen LogP contribution in [0.1, 0.15) is 18.5 Å². The summed E-state index contributed by atoms with van der Waals surface area (Å²) in [5.74, 6) is -0.795. The van der Waals surface area contributed by atoms with E-state index in [-0.39, 0.29) is 11.6 Å². The normalized spacial score (nSPS) is 17.2. The van der Waals surface area contributed by atoms with Crippen LogP contribution in [0.25, 0.3) is 0 Å². The van der Waals surface area contributed by atoms with E-state index in [2.05, 4.69) is 9.97 Å². The highest BCUT2D eigenvalue weighted by molar-refractivity contribution is 5.70. The lowest BCUT2D eigenvalue weighted by molar-refractivity contribution is -0.142. The summed E-state index contributed by atoms with van der Waals surface area (Å²) in [7, 11) is 0. The first kappa shape index (κ1) is 14.5. The first-order valence-corrected chi connectivity index (χ1v) is 6.20. The van der Waals surface area contributed by atoms with Gasteiger partial charge >= 0.3 is 12.1 Å². The minimum Gasteiger partial charge on any atom is -0.481 e. The maximum Gasteiger partial charge on any atom is 0.394 e. The number of rotatable bonds is 3. The number of aromatic nitrogens is 2. The Morgan fingerprint density at radius 2 is 2.00 bits per heavy atom. The zero-order chi connectivity index (χ0) is 14.8. The molecule has 1 saturated heterocycles. The molecule has 0 bridgehead atoms. The van der Waals surface area contributed by atoms with Crippen LogP contribution >= 0.6 is 0 Å². The van der Waals surface area contributed by atoms with Gasteiger partial charge in [-0.2, -0.15) is 13.2 Å². The van der Waals surface area contributed by atoms with Crippen molar-refractivity contribution in [1.29, 1.82) is 0 Å². The molecule has 0 spiro atoms. The average molecular weight is 289 g/mol. The zero-order valence-corrected chi connectivity index (χ0v) is 10.6. The summed E-state index contributed by atoms with van der Waals surface area (Å²) >= 11 is 0. The number of alkyl halides is 3. The minimum atomic E-state index is -4.30. The molecule has 1 N–H and O–H groups in total. The number of piperidine rings is 1. The fraction of sp³-hybridized carbons (Fsp3) is 0.583. The highest BCUT2D eigenvalue weighted by Gasteiger charge is 2.29. The highest BCUT2D eigenvalue weighted by Crippen LogP contribution is 2.24. The van der Waals surface area contributed by atoms with E-state index in [0.717, 1.165) is 6.33 Å². The summed E-state index contributed by atoms with van der Waals surface area (Å²) in [6.07, 6.45) is -3.35. The lowest BCUT2D eigenvalue weighted by Gasteiger charge is -2.31. The van der Waals surface area contributed by atoms with Crippen LogP contribution in [0.15, 0.2) is 12.4 Å². The topological polar surface area (TPSA) is 66.3 Å². The van der Waals surface area contributed by atoms with Gasteiger partial charge in [0.2, 0.25) is 0 Å². The van der Waals surface area contributed by atoms with Crippen LogP contribution in [0.4, 0.5) is 19.0 Å². The molecule has 1 aliphatic rings. The number of carboxylic acids is 1. The second kappa shape index (κ2) is 5.64. The van der Waals surface area contributed by atoms with E-state index in [9.17, 15) is 18.0 Å². The van der Waals surface area contributed by atoms with Crippen molar-refractivity contribution in [1.82, 2.24) is 9.97 Å². The molecule has 0 aliphatic carbocycles. The third-order valence-electron chi connectivity index (χ3n) is 3.26. The summed E-state index contributed by atoms with van der Waals surface area (Å²) in [4.78, 5) is 20.2. The van der Waals surface area contributed by atoms with Crippen molar-refractivity contribution in [3.05, 3.63) is 18.1 Å². The van der Waals surface area contributed by atoms with Crippen LogP contribution in [0, 0.1) is 5.92 Å². The average Bonchev–Trinajstić information content (AvgIpc) is 2.37. The van der Waals surface area contributed by atoms with Crippen molar-refractivity contribution in [2.24, 2.45) is 5.92 Å². The Balaban J connectivity index is 2.03. The standard InChI is InChI=1S/C12H14F3N3O2/c13-12(14,15)6-9-5-10(17-7-16-9)18-3-1-8(2-4-18)11(19)20/h5,7-8H,1-4,6H2,(H,19,20). The van der Waals surface area contributed by atoms with Crippen LogP contribution in [0.2, 0.25) is 0 Å². The Bertz CT molecular complexity index is 485. The van der Waals surface area contributed by atoms with Crippen LogP contribution < -0.4 is 4.90 Å². The van der Waals surface area contributed by atoms with Gasteiger partial charge in [-0.05, 0) is 12.8 Å². The number of nitrogens with zero attached hydrogens (tertiary/aromatic N) is 3. The van der Waals surface area contributed by atoms with Gasteiger partial charge in [-0.3, -0.25) is 4.79 Å². The summed E-state index contributed by atoms with van der Waals surface area (Å²) in [6, 6.07) is 1.31. The van der Waals surface area contributed by atoms with Crippen molar-refractivity contribution in [3.63, 3.8) is 0 Å². The molecular weight excluding hydrogens is 275 g/mol. The number of hydrogen-bond donors (Lipinski definition) is 1. The van der Waals surface area contributed by atoms with Crippen LogP contribution in [0.3, 0.4) is 0 Å². The van der Waals surface area contributed by atoms with Crippen molar-refractivity contribution >= 4 is 11.8 Å². The van der Waals surface area contributed by atoms with Gasteiger partial charge in [0.1, 0.15) is 12.1 Å². The van der Waals surface area contributed by atoms with Gasteiger partial charge in [-0.15, -0.1) is 0 Å². The lowest BCUT2D eigenvalue weighted by atomic mass is 9.97. The molecule has 0 aromatic carbocycles. The largest absolute Gasteiger partial charge is 0.481 e. The van der Waals surface area contributed by atoms with Crippen molar-refractivity contribution in [2.75, 3.05) is 18.0 Å². The second-order valence-corrected chi connectivity index (χ2v) is 4.76. The smallest absolute Gasteiger partial charge is 0.394 e. The Morgan fingerprint density at radius 3 is 2.55 bits per heavy atom. The van der Waals surface area contributed by atoms with Crippen molar-refractivity contribution in [3.8, 4) is 0 Å². The fourth-order valence-corrected chi connectivity index (χ4v) is 2.22. The quantitative estimate of drug-likeness (QED) is 0.920. The maximum absolute atomic E-state index is 12.3. The van der Waals surface area contributed by atoms with Gasteiger partial charge in [0.15, 0.2) is 0 Å². The number of hydrogen-bond acceptors (Lipinski definition) is 4. The van der Waals surface area contributed by atoms with E-state index in [0.29, 0.717) is 31.7 Å². The maximum atomic E-state index is 12.3. The van der Waals surface area contributed by atoms with E-state index in [1.807, 2.05) is 0 Å². The summed E-state index contributed by atoms with van der Waals surface area (Å²) < 4.78 is 36.9. The number of carboxylic acid groups (broad SMARTS) is 1. The fourth-order valence-electron chi connectivity index (χ4n) is 2.22. The van der Waals surface area contributed by atoms with E-state index >= 15 is 0 Å². The SMILES string of the molecule is O=C(O)C1CCN(c2cc(CC(F)(F)F)ncn2)CC1. The van der Waals surface area contributed by atoms with Gasteiger partial charge in [-0.1, -0.05) is 0 Å². The highest BCUT2D eigenvalue weighted by atomic mass is 19.4. The lowest BCUT2D eigenvalue weighted by Crippen LogP contribution is -2.36. The summed E-state index contributed by atoms with van der Waals surface area (Å²) in [5, 5.41) is 8.90. The molecule has 0 atom stereocenters. The molecule has 1 fully saturated rings. The number of halogens is 3. The monoisotopic (exact) mass is 289 g/mol. The molecule has 0 saturated carbocycles. The Kier molecular flexibility index (Phi) is 4.10. The van der Waals surface area contributed by atoms with Gasteiger partial charge in [0.25, 0.3) is 0 Å². The van der Waals surface area contributed by atoms with Gasteiger partial charge in [0.05, 0.1) is 18.0 Å². The van der Waals surface area contributed by atoms with E-state index < -0.39 is 18.6 Å². The molecule has 1 aromatic rings. The molecular formula is C12H14F3N3O2. The molecule has 0 radical (unpaired) electrons. The number of aliphatic carboxylic acids is 1. The summed E-state index contributed by atoms with van der Waals surface area (Å²) in [5.41, 5.74) is -0.0807. The van der Waals surface area contributed by atoms with Gasteiger partial charge in [-0.25, -0.2) is 9.97 Å². The van der Waals surface area contributed by atoms with Crippen molar-refractivity contribution in [2.45, 2.75) is 25.4 Å². The molecule has 20 heavy (non-hydrogen) atoms. The molecule has 0 amide bonds. The van der Waals surface area contributed by atoms with Gasteiger partial charge < -0.3 is 10.0 Å². The Morgan fingerprint density at radius 1 is 1.35 bits per heavy atom. The van der Waals surface area contributed by atoms with Crippen LogP contribution in [0.5, 0.6) is 0 Å². The number of anilines is 1. The van der Waals surface area contributed by atoms with E-state index in [1.165, 1.54) is 6.07 Å². The van der Waals surface area contributed by atoms with Crippen LogP contribution in [-0.4, -0.2) is 40.3 Å². The zero-order valence-electron chi connectivity index (χ0n) is 10.6. The minimum absolute atomic E-state index is 0.0807. The molecule has 8 heteroatoms. The molecule has 1 aliphatic heterocycles. The van der Waals surface area contributed by atoms with E-state index in [4.69, 9.17) is 5.11 Å². The second-order valence-electron chi connectivity index (χ2n) is 4.76. The molecule has 110 valence electrons. The molecule has 0 unspecified atom stereocenters. The van der Waals surface area contributed by atoms with Crippen molar-refractivity contribution < 1.29 is 23.1 Å². The third-order valence-corrected chi connectivity index (χ3v) is 3.26. The van der Waals surface area contributed by atoms with Gasteiger partial charge in [0, 0.05) is 19.2 Å². The number of carbonyl (C=O) groups is 1. The van der Waals surface area contributed by atoms with Crippen LogP contribution in [-0.2, 0) is 11.2 Å². The molecule has 2 rings (SSSR count). The molecule has 1 aromatic heterocycles.